The van der Waals surface area contributed by atoms with E-state index >= 15 is 0 Å². The van der Waals surface area contributed by atoms with Gasteiger partial charge in [0.2, 0.25) is 5.91 Å². The van der Waals surface area contributed by atoms with Crippen molar-refractivity contribution in [2.45, 2.75) is 58.3 Å². The molecule has 0 aromatic heterocycles. The first-order valence-corrected chi connectivity index (χ1v) is 11.8. The average molecular weight is 508 g/mol. The molecule has 0 atom stereocenters. The van der Waals surface area contributed by atoms with Gasteiger partial charge in [0.25, 0.3) is 0 Å². The molecule has 2 rings (SSSR count). The topological polar surface area (TPSA) is 67.8 Å². The van der Waals surface area contributed by atoms with Crippen LogP contribution in [-0.2, 0) is 4.79 Å². The van der Waals surface area contributed by atoms with Crippen molar-refractivity contribution in [2.24, 2.45) is 5.10 Å². The highest BCUT2D eigenvalue weighted by atomic mass is 79.9. The molecule has 0 heterocycles. The summed E-state index contributed by atoms with van der Waals surface area (Å²) in [6.07, 6.45) is 9.98. The van der Waals surface area contributed by atoms with E-state index in [-0.39, 0.29) is 11.5 Å². The van der Waals surface area contributed by atoms with Crippen LogP contribution >= 0.6 is 27.5 Å². The van der Waals surface area contributed by atoms with Crippen LogP contribution in [0.2, 0.25) is 5.02 Å². The zero-order chi connectivity index (χ0) is 22.5. The van der Waals surface area contributed by atoms with E-state index in [1.807, 2.05) is 0 Å². The standard InChI is InChI=1S/C24H28BrClN2O3/c1-2-3-4-5-6-7-8-13-23(29)28-27-17-18-16-19(25)14-15-22(18)31-24(30)20-11-9-10-12-21(20)26/h9-12,14-17H,2-8,13H2,1H3,(H,28,29). The molecule has 0 radical (unpaired) electrons. The molecule has 0 aliphatic heterocycles. The summed E-state index contributed by atoms with van der Waals surface area (Å²) >= 11 is 9.46. The first-order valence-electron chi connectivity index (χ1n) is 10.6. The fourth-order valence-electron chi connectivity index (χ4n) is 2.97. The molecule has 166 valence electrons. The average Bonchev–Trinajstić information content (AvgIpc) is 2.75. The fourth-order valence-corrected chi connectivity index (χ4v) is 3.56. The van der Waals surface area contributed by atoms with Gasteiger partial charge in [0.05, 0.1) is 16.8 Å². The van der Waals surface area contributed by atoms with Crippen LogP contribution < -0.4 is 10.2 Å². The first-order chi connectivity index (χ1) is 15.0. The van der Waals surface area contributed by atoms with E-state index in [2.05, 4.69) is 33.4 Å². The summed E-state index contributed by atoms with van der Waals surface area (Å²) in [5, 5.41) is 4.33. The lowest BCUT2D eigenvalue weighted by molar-refractivity contribution is -0.121. The highest BCUT2D eigenvalue weighted by Gasteiger charge is 2.14. The van der Waals surface area contributed by atoms with Crippen LogP contribution in [0.3, 0.4) is 0 Å². The highest BCUT2D eigenvalue weighted by molar-refractivity contribution is 9.10. The third-order valence-corrected chi connectivity index (χ3v) is 5.49. The number of amides is 1. The van der Waals surface area contributed by atoms with E-state index in [0.29, 0.717) is 22.8 Å². The smallest absolute Gasteiger partial charge is 0.345 e. The van der Waals surface area contributed by atoms with Crippen molar-refractivity contribution in [2.75, 3.05) is 0 Å². The molecule has 0 spiro atoms. The van der Waals surface area contributed by atoms with Gasteiger partial charge in [0.1, 0.15) is 5.75 Å². The van der Waals surface area contributed by atoms with Crippen molar-refractivity contribution in [1.82, 2.24) is 5.43 Å². The Bertz CT molecular complexity index is 902. The molecular formula is C24H28BrClN2O3. The summed E-state index contributed by atoms with van der Waals surface area (Å²) in [5.74, 6) is -0.377. The zero-order valence-corrected chi connectivity index (χ0v) is 20.0. The predicted molar refractivity (Wildman–Crippen MR) is 129 cm³/mol. The van der Waals surface area contributed by atoms with Crippen LogP contribution in [0, 0.1) is 0 Å². The summed E-state index contributed by atoms with van der Waals surface area (Å²) < 4.78 is 6.29. The molecule has 2 aromatic rings. The number of benzene rings is 2. The Hall–Kier alpha value is -2.18. The van der Waals surface area contributed by atoms with Crippen molar-refractivity contribution in [3.63, 3.8) is 0 Å². The van der Waals surface area contributed by atoms with Crippen molar-refractivity contribution in [3.8, 4) is 5.75 Å². The number of halogens is 2. The number of nitrogens with one attached hydrogen (secondary N) is 1. The van der Waals surface area contributed by atoms with Gasteiger partial charge in [-0.15, -0.1) is 0 Å². The molecule has 0 aliphatic rings. The van der Waals surface area contributed by atoms with Crippen LogP contribution in [0.25, 0.3) is 0 Å². The van der Waals surface area contributed by atoms with E-state index in [9.17, 15) is 9.59 Å². The molecule has 1 amide bonds. The largest absolute Gasteiger partial charge is 0.422 e. The van der Waals surface area contributed by atoms with Gasteiger partial charge in [-0.1, -0.05) is 85.1 Å². The first kappa shape index (κ1) is 25.1. The summed E-state index contributed by atoms with van der Waals surface area (Å²) in [6, 6.07) is 11.8. The van der Waals surface area contributed by atoms with Gasteiger partial charge in [-0.05, 0) is 36.8 Å². The number of nitrogens with zero attached hydrogens (tertiary/aromatic N) is 1. The Balaban J connectivity index is 1.87. The summed E-state index contributed by atoms with van der Waals surface area (Å²) in [5.41, 5.74) is 3.36. The molecular weight excluding hydrogens is 480 g/mol. The number of carbonyl (C=O) groups is 2. The van der Waals surface area contributed by atoms with Crippen molar-refractivity contribution >= 4 is 45.6 Å². The molecule has 0 saturated heterocycles. The summed E-state index contributed by atoms with van der Waals surface area (Å²) in [7, 11) is 0. The number of rotatable bonds is 12. The SMILES string of the molecule is CCCCCCCCCC(=O)NN=Cc1cc(Br)ccc1OC(=O)c1ccccc1Cl. The normalized spacial score (nSPS) is 10.9. The molecule has 31 heavy (non-hydrogen) atoms. The van der Waals surface area contributed by atoms with E-state index in [1.54, 1.807) is 42.5 Å². The van der Waals surface area contributed by atoms with E-state index in [1.165, 1.54) is 31.9 Å². The van der Waals surface area contributed by atoms with Crippen LogP contribution in [0.4, 0.5) is 0 Å². The second kappa shape index (κ2) is 14.0. The Morgan fingerprint density at radius 1 is 1.06 bits per heavy atom. The van der Waals surface area contributed by atoms with E-state index in [4.69, 9.17) is 16.3 Å². The Kier molecular flexibility index (Phi) is 11.3. The molecule has 1 N–H and O–H groups in total. The lowest BCUT2D eigenvalue weighted by Gasteiger charge is -2.09. The van der Waals surface area contributed by atoms with Gasteiger partial charge in [0, 0.05) is 16.5 Å². The lowest BCUT2D eigenvalue weighted by Crippen LogP contribution is -2.17. The minimum Gasteiger partial charge on any atom is -0.422 e. The minimum atomic E-state index is -0.564. The van der Waals surface area contributed by atoms with E-state index in [0.717, 1.165) is 23.7 Å². The molecule has 0 unspecified atom stereocenters. The van der Waals surface area contributed by atoms with Crippen LogP contribution in [0.15, 0.2) is 52.0 Å². The Labute approximate surface area is 197 Å². The number of unbranched alkanes of at least 4 members (excludes halogenated alkanes) is 6. The second-order valence-electron chi connectivity index (χ2n) is 7.22. The Morgan fingerprint density at radius 2 is 1.77 bits per heavy atom. The molecule has 0 fully saturated rings. The predicted octanol–water partition coefficient (Wildman–Crippen LogP) is 6.91. The quantitative estimate of drug-likeness (QED) is 0.112. The molecule has 5 nitrogen and oxygen atoms in total. The second-order valence-corrected chi connectivity index (χ2v) is 8.54. The highest BCUT2D eigenvalue weighted by Crippen LogP contribution is 2.24. The number of carbonyl (C=O) groups excluding carboxylic acids is 2. The number of hydrogen-bond donors (Lipinski definition) is 1. The number of esters is 1. The maximum Gasteiger partial charge on any atom is 0.345 e. The molecule has 7 heteroatoms. The molecule has 0 bridgehead atoms. The summed E-state index contributed by atoms with van der Waals surface area (Å²) in [6.45, 7) is 2.20. The van der Waals surface area contributed by atoms with Crippen LogP contribution in [0.5, 0.6) is 5.75 Å². The van der Waals surface area contributed by atoms with Crippen LogP contribution in [0.1, 0.15) is 74.2 Å². The lowest BCUT2D eigenvalue weighted by atomic mass is 10.1. The van der Waals surface area contributed by atoms with Crippen LogP contribution in [-0.4, -0.2) is 18.1 Å². The number of ether oxygens (including phenoxy) is 1. The van der Waals surface area contributed by atoms with Crippen molar-refractivity contribution < 1.29 is 14.3 Å². The van der Waals surface area contributed by atoms with Crippen molar-refractivity contribution in [1.29, 1.82) is 0 Å². The van der Waals surface area contributed by atoms with E-state index < -0.39 is 5.97 Å². The van der Waals surface area contributed by atoms with Crippen molar-refractivity contribution in [3.05, 3.63) is 63.1 Å². The Morgan fingerprint density at radius 3 is 2.52 bits per heavy atom. The van der Waals surface area contributed by atoms with Gasteiger partial charge in [-0.2, -0.15) is 5.10 Å². The fraction of sp³-hybridized carbons (Fsp3) is 0.375. The monoisotopic (exact) mass is 506 g/mol. The van der Waals surface area contributed by atoms with Gasteiger partial charge in [-0.25, -0.2) is 10.2 Å². The zero-order valence-electron chi connectivity index (χ0n) is 17.7. The third kappa shape index (κ3) is 9.23. The maximum atomic E-state index is 12.5. The third-order valence-electron chi connectivity index (χ3n) is 4.67. The van der Waals surface area contributed by atoms with Gasteiger partial charge in [0.15, 0.2) is 0 Å². The molecule has 0 aliphatic carbocycles. The molecule has 0 saturated carbocycles. The number of hydrogen-bond acceptors (Lipinski definition) is 4. The number of hydrazone groups is 1. The van der Waals surface area contributed by atoms with Gasteiger partial charge >= 0.3 is 5.97 Å². The van der Waals surface area contributed by atoms with Gasteiger partial charge < -0.3 is 4.74 Å². The summed E-state index contributed by atoms with van der Waals surface area (Å²) in [4.78, 5) is 24.4. The maximum absolute atomic E-state index is 12.5. The van der Waals surface area contributed by atoms with Gasteiger partial charge in [-0.3, -0.25) is 4.79 Å². The minimum absolute atomic E-state index is 0.130. The molecule has 2 aromatic carbocycles.